The molecule has 0 heterocycles. The Morgan fingerprint density at radius 1 is 0.810 bits per heavy atom. The summed E-state index contributed by atoms with van der Waals surface area (Å²) in [6.45, 7) is 0. The third-order valence-corrected chi connectivity index (χ3v) is 7.61. The first kappa shape index (κ1) is 18.1. The van der Waals surface area contributed by atoms with Crippen LogP contribution in [0.25, 0.3) is 0 Å². The number of hydrogen-bond donors (Lipinski definition) is 1. The Bertz CT molecular complexity index is 708. The lowest BCUT2D eigenvalue weighted by atomic mass is 10.2. The van der Waals surface area contributed by atoms with Gasteiger partial charge in [-0.2, -0.15) is 0 Å². The average molecular weight is 671 g/mol. The van der Waals surface area contributed by atoms with Gasteiger partial charge >= 0.3 is 0 Å². The van der Waals surface area contributed by atoms with Gasteiger partial charge in [-0.25, -0.2) is 0 Å². The van der Waals surface area contributed by atoms with Gasteiger partial charge in [-0.05, 0) is 104 Å². The van der Waals surface area contributed by atoms with Crippen LogP contribution in [0, 0.1) is 0 Å². The van der Waals surface area contributed by atoms with Gasteiger partial charge in [0.2, 0.25) is 0 Å². The van der Waals surface area contributed by atoms with E-state index in [0.717, 1.165) is 22.4 Å². The summed E-state index contributed by atoms with van der Waals surface area (Å²) in [6, 6.07) is 7.30. The van der Waals surface area contributed by atoms with Crippen molar-refractivity contribution in [1.82, 2.24) is 0 Å². The highest BCUT2D eigenvalue weighted by atomic mass is 79.9. The molecule has 1 N–H and O–H groups in total. The Morgan fingerprint density at radius 3 is 1.95 bits per heavy atom. The number of halogens is 6. The number of rotatable bonds is 2. The molecule has 0 spiro atoms. The van der Waals surface area contributed by atoms with Gasteiger partial charge in [0.1, 0.15) is 0 Å². The second-order valence-corrected chi connectivity index (χ2v) is 8.99. The highest BCUT2D eigenvalue weighted by Gasteiger charge is 2.17. The normalized spacial score (nSPS) is 10.6. The molecule has 0 radical (unpaired) electrons. The van der Waals surface area contributed by atoms with Crippen molar-refractivity contribution < 1.29 is 4.79 Å². The predicted molar refractivity (Wildman–Crippen MR) is 107 cm³/mol. The zero-order chi connectivity index (χ0) is 15.7. The molecule has 2 rings (SSSR count). The monoisotopic (exact) mass is 665 g/mol. The van der Waals surface area contributed by atoms with Gasteiger partial charge in [-0.15, -0.1) is 0 Å². The number of carbonyl (C=O) groups excluding carboxylic acids is 1. The van der Waals surface area contributed by atoms with Crippen molar-refractivity contribution in [3.05, 3.63) is 56.7 Å². The van der Waals surface area contributed by atoms with Crippen molar-refractivity contribution in [3.63, 3.8) is 0 Å². The Labute approximate surface area is 172 Å². The van der Waals surface area contributed by atoms with Gasteiger partial charge in [0.25, 0.3) is 5.91 Å². The fraction of sp³-hybridized carbons (Fsp3) is 0. The van der Waals surface area contributed by atoms with E-state index in [1.165, 1.54) is 0 Å². The molecule has 0 aliphatic carbocycles. The van der Waals surface area contributed by atoms with E-state index in [2.05, 4.69) is 101 Å². The highest BCUT2D eigenvalue weighted by Crippen LogP contribution is 2.37. The van der Waals surface area contributed by atoms with Gasteiger partial charge < -0.3 is 5.32 Å². The van der Waals surface area contributed by atoms with E-state index in [1.54, 1.807) is 6.07 Å². The summed E-state index contributed by atoms with van der Waals surface area (Å²) in [5.41, 5.74) is 1.21. The lowest BCUT2D eigenvalue weighted by Crippen LogP contribution is -2.13. The Hall–Kier alpha value is 0.790. The molecule has 21 heavy (non-hydrogen) atoms. The summed E-state index contributed by atoms with van der Waals surface area (Å²) in [5, 5.41) is 2.89. The first-order chi connectivity index (χ1) is 9.81. The van der Waals surface area contributed by atoms with Gasteiger partial charge in [0.05, 0.1) is 11.3 Å². The van der Waals surface area contributed by atoms with Crippen LogP contribution in [0.15, 0.2) is 51.1 Å². The quantitative estimate of drug-likeness (QED) is 0.330. The first-order valence-electron chi connectivity index (χ1n) is 5.40. The smallest absolute Gasteiger partial charge is 0.256 e. The van der Waals surface area contributed by atoms with Crippen molar-refractivity contribution >= 4 is 107 Å². The lowest BCUT2D eigenvalue weighted by molar-refractivity contribution is 0.102. The zero-order valence-electron chi connectivity index (χ0n) is 9.99. The molecular formula is C13H5Br6NO. The van der Waals surface area contributed by atoms with E-state index in [9.17, 15) is 4.79 Å². The van der Waals surface area contributed by atoms with Crippen LogP contribution in [0.1, 0.15) is 10.4 Å². The number of amides is 1. The molecule has 8 heteroatoms. The van der Waals surface area contributed by atoms with Crippen LogP contribution in [-0.2, 0) is 0 Å². The fourth-order valence-corrected chi connectivity index (χ4v) is 5.47. The molecule has 2 aromatic rings. The molecule has 2 aromatic carbocycles. The third-order valence-electron chi connectivity index (χ3n) is 2.53. The lowest BCUT2D eigenvalue weighted by Gasteiger charge is -2.12. The molecule has 0 aliphatic heterocycles. The summed E-state index contributed by atoms with van der Waals surface area (Å²) in [6.07, 6.45) is 0. The SMILES string of the molecule is O=C(Nc1c(Br)cc(Br)cc1Br)c1ccc(Br)c(Br)c1Br. The topological polar surface area (TPSA) is 29.1 Å². The minimum Gasteiger partial charge on any atom is -0.320 e. The largest absolute Gasteiger partial charge is 0.320 e. The van der Waals surface area contributed by atoms with E-state index in [0.29, 0.717) is 15.7 Å². The maximum absolute atomic E-state index is 12.5. The van der Waals surface area contributed by atoms with E-state index < -0.39 is 0 Å². The second-order valence-electron chi connectivity index (χ2n) is 3.92. The maximum atomic E-state index is 12.5. The van der Waals surface area contributed by atoms with Crippen LogP contribution < -0.4 is 5.32 Å². The minimum atomic E-state index is -0.209. The second kappa shape index (κ2) is 7.57. The number of nitrogens with one attached hydrogen (secondary N) is 1. The molecule has 0 aliphatic rings. The van der Waals surface area contributed by atoms with E-state index in [-0.39, 0.29) is 5.91 Å². The highest BCUT2D eigenvalue weighted by molar-refractivity contribution is 9.14. The number of anilines is 1. The average Bonchev–Trinajstić information content (AvgIpc) is 2.40. The van der Waals surface area contributed by atoms with Gasteiger partial charge in [0.15, 0.2) is 0 Å². The van der Waals surface area contributed by atoms with Crippen LogP contribution >= 0.6 is 95.6 Å². The maximum Gasteiger partial charge on any atom is 0.256 e. The van der Waals surface area contributed by atoms with E-state index in [1.807, 2.05) is 18.2 Å². The molecule has 1 amide bonds. The fourth-order valence-electron chi connectivity index (χ4n) is 1.54. The Morgan fingerprint density at radius 2 is 1.38 bits per heavy atom. The van der Waals surface area contributed by atoms with E-state index in [4.69, 9.17) is 0 Å². The van der Waals surface area contributed by atoms with Crippen molar-refractivity contribution in [1.29, 1.82) is 0 Å². The minimum absolute atomic E-state index is 0.209. The molecule has 0 atom stereocenters. The number of benzene rings is 2. The molecule has 0 fully saturated rings. The Balaban J connectivity index is 2.38. The third kappa shape index (κ3) is 4.20. The molecule has 0 aromatic heterocycles. The standard InChI is InChI=1S/C13H5Br6NO/c14-5-3-8(16)12(9(17)4-5)20-13(21)6-1-2-7(15)11(19)10(6)18/h1-4H,(H,20,21). The molecule has 110 valence electrons. The predicted octanol–water partition coefficient (Wildman–Crippen LogP) is 7.51. The molecule has 2 nitrogen and oxygen atoms in total. The summed E-state index contributed by atoms with van der Waals surface area (Å²) in [4.78, 5) is 12.5. The molecule has 0 bridgehead atoms. The van der Waals surface area contributed by atoms with Crippen LogP contribution in [0.2, 0.25) is 0 Å². The summed E-state index contributed by atoms with van der Waals surface area (Å²) < 4.78 is 4.83. The van der Waals surface area contributed by atoms with Crippen LogP contribution in [-0.4, -0.2) is 5.91 Å². The number of carbonyl (C=O) groups is 1. The first-order valence-corrected chi connectivity index (χ1v) is 10.2. The van der Waals surface area contributed by atoms with Crippen molar-refractivity contribution in [2.75, 3.05) is 5.32 Å². The van der Waals surface area contributed by atoms with Crippen molar-refractivity contribution in [3.8, 4) is 0 Å². The van der Waals surface area contributed by atoms with Crippen molar-refractivity contribution in [2.45, 2.75) is 0 Å². The van der Waals surface area contributed by atoms with Gasteiger partial charge in [0, 0.05) is 26.8 Å². The summed E-state index contributed by atoms with van der Waals surface area (Å²) >= 11 is 20.5. The summed E-state index contributed by atoms with van der Waals surface area (Å²) in [5.74, 6) is -0.209. The van der Waals surface area contributed by atoms with Crippen molar-refractivity contribution in [2.24, 2.45) is 0 Å². The van der Waals surface area contributed by atoms with Gasteiger partial charge in [-0.1, -0.05) is 15.9 Å². The van der Waals surface area contributed by atoms with Gasteiger partial charge in [-0.3, -0.25) is 4.79 Å². The van der Waals surface area contributed by atoms with Crippen LogP contribution in [0.3, 0.4) is 0 Å². The van der Waals surface area contributed by atoms with E-state index >= 15 is 0 Å². The zero-order valence-corrected chi connectivity index (χ0v) is 19.5. The molecular weight excluding hydrogens is 666 g/mol. The molecule has 0 saturated heterocycles. The number of hydrogen-bond acceptors (Lipinski definition) is 1. The van der Waals surface area contributed by atoms with Crippen LogP contribution in [0.5, 0.6) is 0 Å². The van der Waals surface area contributed by atoms with Crippen LogP contribution in [0.4, 0.5) is 5.69 Å². The summed E-state index contributed by atoms with van der Waals surface area (Å²) in [7, 11) is 0. The Kier molecular flexibility index (Phi) is 6.54. The molecule has 0 saturated carbocycles. The molecule has 0 unspecified atom stereocenters.